The summed E-state index contributed by atoms with van der Waals surface area (Å²) in [6, 6.07) is 5.52. The molecule has 0 bridgehead atoms. The number of hydrogen-bond acceptors (Lipinski definition) is 5. The standard InChI is InChI=1S/C17H20FNO5S/c1-12(17(21)19(2)14-9-10-25(22,23)11-14)24-16(20)8-7-13-5-3-4-6-15(13)18/h3-8,12,14H,9-11H2,1-2H3/b8-7+/t12-,14+/m1/s1. The van der Waals surface area contributed by atoms with Gasteiger partial charge in [0.2, 0.25) is 0 Å². The summed E-state index contributed by atoms with van der Waals surface area (Å²) < 4.78 is 41.5. The Morgan fingerprint density at radius 1 is 1.36 bits per heavy atom. The van der Waals surface area contributed by atoms with E-state index in [2.05, 4.69) is 0 Å². The van der Waals surface area contributed by atoms with Gasteiger partial charge in [-0.05, 0) is 25.5 Å². The van der Waals surface area contributed by atoms with Crippen molar-refractivity contribution in [1.82, 2.24) is 4.90 Å². The summed E-state index contributed by atoms with van der Waals surface area (Å²) in [4.78, 5) is 25.4. The maximum Gasteiger partial charge on any atom is 0.331 e. The molecular weight excluding hydrogens is 349 g/mol. The van der Waals surface area contributed by atoms with Gasteiger partial charge in [-0.15, -0.1) is 0 Å². The first-order chi connectivity index (χ1) is 11.7. The number of amides is 1. The molecule has 2 rings (SSSR count). The fraction of sp³-hybridized carbons (Fsp3) is 0.412. The van der Waals surface area contributed by atoms with Crippen LogP contribution in [0.25, 0.3) is 6.08 Å². The van der Waals surface area contributed by atoms with Crippen LogP contribution < -0.4 is 0 Å². The maximum atomic E-state index is 13.5. The largest absolute Gasteiger partial charge is 0.449 e. The Labute approximate surface area is 146 Å². The van der Waals surface area contributed by atoms with Crippen molar-refractivity contribution in [1.29, 1.82) is 0 Å². The van der Waals surface area contributed by atoms with Crippen LogP contribution in [0.1, 0.15) is 18.9 Å². The molecular formula is C17H20FNO5S. The van der Waals surface area contributed by atoms with Crippen LogP contribution >= 0.6 is 0 Å². The minimum Gasteiger partial charge on any atom is -0.449 e. The first kappa shape index (κ1) is 19.1. The van der Waals surface area contributed by atoms with Crippen LogP contribution in [0.4, 0.5) is 4.39 Å². The Balaban J connectivity index is 1.92. The lowest BCUT2D eigenvalue weighted by molar-refractivity contribution is -0.155. The van der Waals surface area contributed by atoms with Gasteiger partial charge < -0.3 is 9.64 Å². The number of ether oxygens (including phenoxy) is 1. The van der Waals surface area contributed by atoms with Crippen molar-refractivity contribution >= 4 is 27.8 Å². The molecule has 1 aromatic carbocycles. The van der Waals surface area contributed by atoms with Crippen LogP contribution in [0, 0.1) is 5.82 Å². The second kappa shape index (κ2) is 7.77. The van der Waals surface area contributed by atoms with E-state index < -0.39 is 39.7 Å². The number of sulfone groups is 1. The van der Waals surface area contributed by atoms with E-state index in [0.717, 1.165) is 6.08 Å². The average Bonchev–Trinajstić information content (AvgIpc) is 2.92. The number of carbonyl (C=O) groups is 2. The Bertz CT molecular complexity index is 790. The highest BCUT2D eigenvalue weighted by Gasteiger charge is 2.34. The van der Waals surface area contributed by atoms with E-state index in [1.807, 2.05) is 0 Å². The molecule has 0 aromatic heterocycles. The van der Waals surface area contributed by atoms with Crippen LogP contribution in [0.2, 0.25) is 0 Å². The van der Waals surface area contributed by atoms with Crippen LogP contribution in [0.15, 0.2) is 30.3 Å². The van der Waals surface area contributed by atoms with Crippen molar-refractivity contribution in [2.24, 2.45) is 0 Å². The quantitative estimate of drug-likeness (QED) is 0.579. The molecule has 1 heterocycles. The number of carbonyl (C=O) groups excluding carboxylic acids is 2. The van der Waals surface area contributed by atoms with E-state index in [-0.39, 0.29) is 17.1 Å². The summed E-state index contributed by atoms with van der Waals surface area (Å²) in [5.74, 6) is -1.76. The number of benzene rings is 1. The predicted molar refractivity (Wildman–Crippen MR) is 90.8 cm³/mol. The van der Waals surface area contributed by atoms with Gasteiger partial charge in [-0.3, -0.25) is 4.79 Å². The van der Waals surface area contributed by atoms with Gasteiger partial charge in [0.05, 0.1) is 11.5 Å². The second-order valence-corrected chi connectivity index (χ2v) is 8.17. The zero-order valence-corrected chi connectivity index (χ0v) is 14.8. The molecule has 25 heavy (non-hydrogen) atoms. The normalized spacial score (nSPS) is 20.4. The summed E-state index contributed by atoms with van der Waals surface area (Å²) in [6.07, 6.45) is 1.62. The van der Waals surface area contributed by atoms with E-state index >= 15 is 0 Å². The number of nitrogens with zero attached hydrogens (tertiary/aromatic N) is 1. The third kappa shape index (κ3) is 5.12. The monoisotopic (exact) mass is 369 g/mol. The molecule has 1 aromatic rings. The van der Waals surface area contributed by atoms with Crippen molar-refractivity contribution in [2.75, 3.05) is 18.6 Å². The highest BCUT2D eigenvalue weighted by atomic mass is 32.2. The lowest BCUT2D eigenvalue weighted by atomic mass is 10.2. The van der Waals surface area contributed by atoms with E-state index in [0.29, 0.717) is 6.42 Å². The molecule has 1 fully saturated rings. The van der Waals surface area contributed by atoms with Crippen molar-refractivity contribution in [3.8, 4) is 0 Å². The van der Waals surface area contributed by atoms with Gasteiger partial charge in [0.25, 0.3) is 5.91 Å². The molecule has 1 aliphatic rings. The fourth-order valence-electron chi connectivity index (χ4n) is 2.58. The number of likely N-dealkylation sites (N-methyl/N-ethyl adjacent to an activating group) is 1. The van der Waals surface area contributed by atoms with Gasteiger partial charge in [0.1, 0.15) is 5.82 Å². The molecule has 0 spiro atoms. The van der Waals surface area contributed by atoms with E-state index in [1.54, 1.807) is 6.07 Å². The first-order valence-corrected chi connectivity index (χ1v) is 9.62. The number of hydrogen-bond donors (Lipinski definition) is 0. The molecule has 2 atom stereocenters. The SMILES string of the molecule is C[C@@H](OC(=O)/C=C/c1ccccc1F)C(=O)N(C)[C@H]1CCS(=O)(=O)C1. The van der Waals surface area contributed by atoms with E-state index in [9.17, 15) is 22.4 Å². The second-order valence-electron chi connectivity index (χ2n) is 5.94. The number of esters is 1. The Morgan fingerprint density at radius 2 is 2.04 bits per heavy atom. The molecule has 6 nitrogen and oxygen atoms in total. The summed E-state index contributed by atoms with van der Waals surface area (Å²) in [6.45, 7) is 1.41. The van der Waals surface area contributed by atoms with Crippen LogP contribution in [0.5, 0.6) is 0 Å². The molecule has 0 unspecified atom stereocenters. The van der Waals surface area contributed by atoms with Gasteiger partial charge in [-0.25, -0.2) is 17.6 Å². The van der Waals surface area contributed by atoms with Crippen LogP contribution in [0.3, 0.4) is 0 Å². The molecule has 0 saturated carbocycles. The van der Waals surface area contributed by atoms with Gasteiger partial charge in [0, 0.05) is 24.7 Å². The molecule has 0 radical (unpaired) electrons. The lowest BCUT2D eigenvalue weighted by Gasteiger charge is -2.26. The van der Waals surface area contributed by atoms with Crippen LogP contribution in [-0.2, 0) is 24.2 Å². The zero-order valence-electron chi connectivity index (χ0n) is 14.0. The third-order valence-electron chi connectivity index (χ3n) is 4.05. The predicted octanol–water partition coefficient (Wildman–Crippen LogP) is 1.42. The van der Waals surface area contributed by atoms with Crippen LogP contribution in [-0.4, -0.2) is 55.9 Å². The minimum absolute atomic E-state index is 0.0504. The highest BCUT2D eigenvalue weighted by molar-refractivity contribution is 7.91. The Morgan fingerprint density at radius 3 is 2.64 bits per heavy atom. The third-order valence-corrected chi connectivity index (χ3v) is 5.80. The van der Waals surface area contributed by atoms with Crippen molar-refractivity contribution in [2.45, 2.75) is 25.5 Å². The molecule has 0 aliphatic carbocycles. The van der Waals surface area contributed by atoms with E-state index in [1.165, 1.54) is 43.1 Å². The first-order valence-electron chi connectivity index (χ1n) is 7.80. The van der Waals surface area contributed by atoms with Crippen molar-refractivity contribution in [3.05, 3.63) is 41.7 Å². The average molecular weight is 369 g/mol. The zero-order chi connectivity index (χ0) is 18.6. The summed E-state index contributed by atoms with van der Waals surface area (Å²) in [5.41, 5.74) is 0.228. The van der Waals surface area contributed by atoms with E-state index in [4.69, 9.17) is 4.74 Å². The Hall–Kier alpha value is -2.22. The maximum absolute atomic E-state index is 13.5. The minimum atomic E-state index is -3.11. The summed E-state index contributed by atoms with van der Waals surface area (Å²) in [5, 5.41) is 0. The Kier molecular flexibility index (Phi) is 5.94. The molecule has 136 valence electrons. The van der Waals surface area contributed by atoms with Gasteiger partial charge in [0.15, 0.2) is 15.9 Å². The number of halogens is 1. The molecule has 0 N–H and O–H groups in total. The van der Waals surface area contributed by atoms with Crippen molar-refractivity contribution < 1.29 is 27.1 Å². The van der Waals surface area contributed by atoms with Crippen molar-refractivity contribution in [3.63, 3.8) is 0 Å². The topological polar surface area (TPSA) is 80.8 Å². The smallest absolute Gasteiger partial charge is 0.331 e. The molecule has 1 aliphatic heterocycles. The molecule has 1 saturated heterocycles. The molecule has 8 heteroatoms. The lowest BCUT2D eigenvalue weighted by Crippen LogP contribution is -2.44. The highest BCUT2D eigenvalue weighted by Crippen LogP contribution is 2.17. The summed E-state index contributed by atoms with van der Waals surface area (Å²) in [7, 11) is -1.62. The van der Waals surface area contributed by atoms with Gasteiger partial charge in [-0.1, -0.05) is 18.2 Å². The molecule has 1 amide bonds. The van der Waals surface area contributed by atoms with Gasteiger partial charge in [-0.2, -0.15) is 0 Å². The summed E-state index contributed by atoms with van der Waals surface area (Å²) >= 11 is 0. The van der Waals surface area contributed by atoms with Gasteiger partial charge >= 0.3 is 5.97 Å². The number of rotatable bonds is 5. The fourth-order valence-corrected chi connectivity index (χ4v) is 4.35.